The van der Waals surface area contributed by atoms with Crippen molar-refractivity contribution in [1.82, 2.24) is 5.32 Å². The lowest BCUT2D eigenvalue weighted by Gasteiger charge is -2.29. The minimum absolute atomic E-state index is 0.0564. The molecule has 1 aliphatic carbocycles. The number of hydrogen-bond acceptors (Lipinski definition) is 5. The van der Waals surface area contributed by atoms with Crippen LogP contribution in [0.15, 0.2) is 23.8 Å². The molecule has 0 aliphatic heterocycles. The van der Waals surface area contributed by atoms with E-state index in [9.17, 15) is 10.1 Å². The first-order chi connectivity index (χ1) is 13.1. The van der Waals surface area contributed by atoms with Crippen LogP contribution in [0, 0.1) is 28.6 Å². The van der Waals surface area contributed by atoms with E-state index in [-0.39, 0.29) is 24.1 Å². The molecule has 0 bridgehead atoms. The molecule has 0 radical (unpaired) electrons. The van der Waals surface area contributed by atoms with Crippen LogP contribution < -0.4 is 14.8 Å². The topological polar surface area (TPSA) is 95.1 Å². The van der Waals surface area contributed by atoms with E-state index in [1.54, 1.807) is 24.3 Å². The van der Waals surface area contributed by atoms with Gasteiger partial charge in [0.25, 0.3) is 5.91 Å². The summed E-state index contributed by atoms with van der Waals surface area (Å²) < 4.78 is 10.9. The van der Waals surface area contributed by atoms with Gasteiger partial charge in [0.2, 0.25) is 0 Å². The van der Waals surface area contributed by atoms with Gasteiger partial charge in [-0.1, -0.05) is 25.8 Å². The molecular formula is C21H25N3O3. The fraction of sp³-hybridized carbons (Fsp3) is 0.476. The third-order valence-corrected chi connectivity index (χ3v) is 4.66. The Labute approximate surface area is 160 Å². The number of ether oxygens (including phenoxy) is 2. The number of nitrogens with zero attached hydrogens (tertiary/aromatic N) is 2. The fourth-order valence-electron chi connectivity index (χ4n) is 3.20. The van der Waals surface area contributed by atoms with Crippen molar-refractivity contribution in [3.63, 3.8) is 0 Å². The molecule has 0 saturated heterocycles. The number of nitrogens with one attached hydrogen (secondary N) is 1. The summed E-state index contributed by atoms with van der Waals surface area (Å²) >= 11 is 0. The van der Waals surface area contributed by atoms with E-state index in [1.807, 2.05) is 19.1 Å². The average molecular weight is 367 g/mol. The lowest BCUT2D eigenvalue weighted by Crippen LogP contribution is -2.41. The number of carbonyl (C=O) groups is 1. The van der Waals surface area contributed by atoms with Gasteiger partial charge >= 0.3 is 0 Å². The molecule has 1 N–H and O–H groups in total. The Balaban J connectivity index is 2.18. The molecule has 2 rings (SSSR count). The molecule has 6 nitrogen and oxygen atoms in total. The summed E-state index contributed by atoms with van der Waals surface area (Å²) in [4.78, 5) is 12.5. The third kappa shape index (κ3) is 5.76. The van der Waals surface area contributed by atoms with Crippen molar-refractivity contribution in [2.45, 2.75) is 45.6 Å². The standard InChI is InChI=1S/C21H25N3O3/c1-3-26-20-13-16(8-9-19(20)27-11-10-22)12-17(14-23)21(25)24-18-7-5-4-6-15(18)2/h8-9,12-13,15,18H,3-7,11H2,1-2H3,(H,24,25)/b17-12+/t15-,18-/m1/s1. The molecule has 142 valence electrons. The average Bonchev–Trinajstić information content (AvgIpc) is 2.67. The molecule has 1 aromatic rings. The monoisotopic (exact) mass is 367 g/mol. The van der Waals surface area contributed by atoms with Crippen molar-refractivity contribution < 1.29 is 14.3 Å². The molecule has 2 atom stereocenters. The third-order valence-electron chi connectivity index (χ3n) is 4.66. The zero-order valence-electron chi connectivity index (χ0n) is 15.8. The van der Waals surface area contributed by atoms with Crippen molar-refractivity contribution in [3.8, 4) is 23.6 Å². The molecule has 6 heteroatoms. The second-order valence-corrected chi connectivity index (χ2v) is 6.60. The summed E-state index contributed by atoms with van der Waals surface area (Å²) in [5, 5.41) is 21.1. The fourth-order valence-corrected chi connectivity index (χ4v) is 3.20. The highest BCUT2D eigenvalue weighted by molar-refractivity contribution is 6.01. The van der Waals surface area contributed by atoms with Gasteiger partial charge in [0.15, 0.2) is 18.1 Å². The van der Waals surface area contributed by atoms with E-state index >= 15 is 0 Å². The summed E-state index contributed by atoms with van der Waals surface area (Å²) in [6.07, 6.45) is 5.88. The number of rotatable bonds is 7. The molecular weight excluding hydrogens is 342 g/mol. The molecule has 1 saturated carbocycles. The minimum atomic E-state index is -0.348. The maximum absolute atomic E-state index is 12.5. The number of hydrogen-bond donors (Lipinski definition) is 1. The van der Waals surface area contributed by atoms with Crippen molar-refractivity contribution in [2.75, 3.05) is 13.2 Å². The molecule has 27 heavy (non-hydrogen) atoms. The second kappa shape index (κ2) is 10.2. The normalized spacial score (nSPS) is 19.5. The lowest BCUT2D eigenvalue weighted by atomic mass is 9.86. The lowest BCUT2D eigenvalue weighted by molar-refractivity contribution is -0.118. The van der Waals surface area contributed by atoms with Crippen LogP contribution in [-0.2, 0) is 4.79 Å². The summed E-state index contributed by atoms with van der Waals surface area (Å²) in [5.41, 5.74) is 0.715. The van der Waals surface area contributed by atoms with Crippen molar-refractivity contribution >= 4 is 12.0 Å². The van der Waals surface area contributed by atoms with Crippen LogP contribution in [0.1, 0.15) is 45.1 Å². The van der Waals surface area contributed by atoms with E-state index in [4.69, 9.17) is 14.7 Å². The van der Waals surface area contributed by atoms with E-state index in [0.717, 1.165) is 19.3 Å². The van der Waals surface area contributed by atoms with Crippen LogP contribution in [0.5, 0.6) is 11.5 Å². The smallest absolute Gasteiger partial charge is 0.262 e. The van der Waals surface area contributed by atoms with Gasteiger partial charge in [-0.3, -0.25) is 4.79 Å². The Hall–Kier alpha value is -2.99. The second-order valence-electron chi connectivity index (χ2n) is 6.60. The number of benzene rings is 1. The zero-order valence-corrected chi connectivity index (χ0v) is 15.8. The van der Waals surface area contributed by atoms with Gasteiger partial charge < -0.3 is 14.8 Å². The van der Waals surface area contributed by atoms with Gasteiger partial charge in [-0.05, 0) is 49.5 Å². The van der Waals surface area contributed by atoms with E-state index in [1.165, 1.54) is 6.42 Å². The first-order valence-corrected chi connectivity index (χ1v) is 9.28. The number of amides is 1. The SMILES string of the molecule is CCOc1cc(/C=C(\C#N)C(=O)N[C@@H]2CCCC[C@H]2C)ccc1OCC#N. The Morgan fingerprint density at radius 1 is 1.26 bits per heavy atom. The van der Waals surface area contributed by atoms with Gasteiger partial charge in [0.1, 0.15) is 17.7 Å². The Bertz CT molecular complexity index is 774. The number of carbonyl (C=O) groups excluding carboxylic acids is 1. The number of nitriles is 2. The Morgan fingerprint density at radius 2 is 2.04 bits per heavy atom. The first-order valence-electron chi connectivity index (χ1n) is 9.28. The molecule has 1 aliphatic rings. The van der Waals surface area contributed by atoms with Gasteiger partial charge in [-0.15, -0.1) is 0 Å². The molecule has 0 heterocycles. The molecule has 0 spiro atoms. The highest BCUT2D eigenvalue weighted by Gasteiger charge is 2.24. The van der Waals surface area contributed by atoms with Crippen molar-refractivity contribution in [3.05, 3.63) is 29.3 Å². The van der Waals surface area contributed by atoms with Crippen molar-refractivity contribution in [1.29, 1.82) is 10.5 Å². The van der Waals surface area contributed by atoms with Crippen LogP contribution in [0.2, 0.25) is 0 Å². The van der Waals surface area contributed by atoms with Crippen LogP contribution in [-0.4, -0.2) is 25.2 Å². The van der Waals surface area contributed by atoms with E-state index in [0.29, 0.717) is 29.6 Å². The molecule has 1 aromatic carbocycles. The van der Waals surface area contributed by atoms with Crippen LogP contribution in [0.25, 0.3) is 6.08 Å². The maximum atomic E-state index is 12.5. The summed E-state index contributed by atoms with van der Waals surface area (Å²) in [5.74, 6) is 0.998. The minimum Gasteiger partial charge on any atom is -0.490 e. The maximum Gasteiger partial charge on any atom is 0.262 e. The predicted octanol–water partition coefficient (Wildman–Crippen LogP) is 3.59. The molecule has 0 unspecified atom stereocenters. The molecule has 1 amide bonds. The Morgan fingerprint density at radius 3 is 2.70 bits per heavy atom. The predicted molar refractivity (Wildman–Crippen MR) is 102 cm³/mol. The highest BCUT2D eigenvalue weighted by atomic mass is 16.5. The van der Waals surface area contributed by atoms with Gasteiger partial charge in [0.05, 0.1) is 6.61 Å². The van der Waals surface area contributed by atoms with E-state index in [2.05, 4.69) is 12.2 Å². The van der Waals surface area contributed by atoms with Gasteiger partial charge in [-0.2, -0.15) is 10.5 Å². The molecule has 0 aromatic heterocycles. The quantitative estimate of drug-likeness (QED) is 0.587. The van der Waals surface area contributed by atoms with Crippen LogP contribution in [0.3, 0.4) is 0 Å². The zero-order chi connectivity index (χ0) is 19.6. The summed E-state index contributed by atoms with van der Waals surface area (Å²) in [6, 6.07) is 9.11. The van der Waals surface area contributed by atoms with Crippen LogP contribution in [0.4, 0.5) is 0 Å². The summed E-state index contributed by atoms with van der Waals surface area (Å²) in [6.45, 7) is 4.33. The Kier molecular flexibility index (Phi) is 7.70. The van der Waals surface area contributed by atoms with Crippen LogP contribution >= 0.6 is 0 Å². The molecule has 1 fully saturated rings. The summed E-state index contributed by atoms with van der Waals surface area (Å²) in [7, 11) is 0. The first kappa shape index (κ1) is 20.3. The van der Waals surface area contributed by atoms with Crippen molar-refractivity contribution in [2.24, 2.45) is 5.92 Å². The van der Waals surface area contributed by atoms with E-state index < -0.39 is 0 Å². The van der Waals surface area contributed by atoms with Gasteiger partial charge in [0, 0.05) is 6.04 Å². The highest BCUT2D eigenvalue weighted by Crippen LogP contribution is 2.29. The van der Waals surface area contributed by atoms with Gasteiger partial charge in [-0.25, -0.2) is 0 Å². The largest absolute Gasteiger partial charge is 0.490 e.